The maximum Gasteiger partial charge on any atom is 0.315 e. The molecule has 8 heteroatoms. The van der Waals surface area contributed by atoms with Gasteiger partial charge < -0.3 is 20.7 Å². The van der Waals surface area contributed by atoms with E-state index >= 15 is 0 Å². The van der Waals surface area contributed by atoms with Crippen LogP contribution in [0.25, 0.3) is 0 Å². The number of carbonyl (C=O) groups is 2. The molecule has 1 saturated carbocycles. The highest BCUT2D eigenvalue weighted by atomic mass is 32.1. The van der Waals surface area contributed by atoms with Crippen LogP contribution < -0.4 is 16.0 Å². The molecule has 1 saturated heterocycles. The number of carbonyl (C=O) groups excluding carboxylic acids is 2. The minimum Gasteiger partial charge on any atom is -0.379 e. The first kappa shape index (κ1) is 20.8. The third kappa shape index (κ3) is 5.81. The highest BCUT2D eigenvalue weighted by Crippen LogP contribution is 2.30. The normalized spacial score (nSPS) is 17.9. The number of amides is 3. The van der Waals surface area contributed by atoms with Crippen molar-refractivity contribution in [2.75, 3.05) is 38.2 Å². The van der Waals surface area contributed by atoms with E-state index in [2.05, 4.69) is 32.3 Å². The summed E-state index contributed by atoms with van der Waals surface area (Å²) >= 11 is 1.71. The molecule has 1 atom stereocenters. The maximum atomic E-state index is 12.4. The average molecular weight is 429 g/mol. The number of ether oxygens (including phenoxy) is 1. The molecule has 30 heavy (non-hydrogen) atoms. The molecule has 1 aliphatic heterocycles. The lowest BCUT2D eigenvalue weighted by molar-refractivity contribution is -0.117. The van der Waals surface area contributed by atoms with E-state index in [1.54, 1.807) is 11.3 Å². The van der Waals surface area contributed by atoms with Crippen molar-refractivity contribution in [2.45, 2.75) is 25.4 Å². The Morgan fingerprint density at radius 3 is 2.70 bits per heavy atom. The fraction of sp³-hybridized carbons (Fsp3) is 0.455. The second-order valence-corrected chi connectivity index (χ2v) is 8.69. The van der Waals surface area contributed by atoms with Gasteiger partial charge in [0.2, 0.25) is 5.91 Å². The van der Waals surface area contributed by atoms with E-state index in [1.807, 2.05) is 30.3 Å². The molecule has 7 nitrogen and oxygen atoms in total. The molecule has 4 rings (SSSR count). The topological polar surface area (TPSA) is 82.7 Å². The monoisotopic (exact) mass is 428 g/mol. The van der Waals surface area contributed by atoms with Gasteiger partial charge in [0.15, 0.2) is 0 Å². The SMILES string of the molecule is O=C(NCc1cccc(NC(=O)C2CC2)c1)NC[C@@H](c1cccs1)N1CCOCC1. The Hall–Kier alpha value is -2.42. The lowest BCUT2D eigenvalue weighted by atomic mass is 10.2. The molecule has 160 valence electrons. The van der Waals surface area contributed by atoms with Crippen LogP contribution in [0, 0.1) is 5.92 Å². The fourth-order valence-electron chi connectivity index (χ4n) is 3.56. The number of anilines is 1. The quantitative estimate of drug-likeness (QED) is 0.604. The van der Waals surface area contributed by atoms with Crippen LogP contribution in [0.3, 0.4) is 0 Å². The van der Waals surface area contributed by atoms with E-state index in [9.17, 15) is 9.59 Å². The summed E-state index contributed by atoms with van der Waals surface area (Å²) in [5.74, 6) is 0.251. The second kappa shape index (κ2) is 10.1. The Labute approximate surface area is 180 Å². The number of hydrogen-bond acceptors (Lipinski definition) is 5. The Morgan fingerprint density at radius 2 is 1.97 bits per heavy atom. The molecule has 2 aromatic rings. The number of nitrogens with one attached hydrogen (secondary N) is 3. The van der Waals surface area contributed by atoms with Crippen LogP contribution in [-0.2, 0) is 16.1 Å². The van der Waals surface area contributed by atoms with E-state index in [4.69, 9.17) is 4.74 Å². The Balaban J connectivity index is 1.27. The number of nitrogens with zero attached hydrogens (tertiary/aromatic N) is 1. The van der Waals surface area contributed by atoms with Crippen molar-refractivity contribution in [2.24, 2.45) is 5.92 Å². The summed E-state index contributed by atoms with van der Waals surface area (Å²) in [5, 5.41) is 10.9. The highest BCUT2D eigenvalue weighted by Gasteiger charge is 2.29. The Bertz CT molecular complexity index is 848. The van der Waals surface area contributed by atoms with Crippen LogP contribution in [0.1, 0.15) is 29.3 Å². The molecule has 1 aromatic carbocycles. The predicted octanol–water partition coefficient (Wildman–Crippen LogP) is 2.97. The zero-order chi connectivity index (χ0) is 20.8. The summed E-state index contributed by atoms with van der Waals surface area (Å²) < 4.78 is 5.47. The molecule has 1 aromatic heterocycles. The third-order valence-corrected chi connectivity index (χ3v) is 6.38. The summed E-state index contributed by atoms with van der Waals surface area (Å²) in [6.45, 7) is 4.13. The molecule has 2 aliphatic rings. The first-order valence-corrected chi connectivity index (χ1v) is 11.3. The minimum atomic E-state index is -0.197. The van der Waals surface area contributed by atoms with Gasteiger partial charge in [0.25, 0.3) is 0 Å². The van der Waals surface area contributed by atoms with Crippen LogP contribution in [0.4, 0.5) is 10.5 Å². The third-order valence-electron chi connectivity index (χ3n) is 5.41. The largest absolute Gasteiger partial charge is 0.379 e. The number of urea groups is 1. The van der Waals surface area contributed by atoms with Gasteiger partial charge in [-0.15, -0.1) is 11.3 Å². The first-order valence-electron chi connectivity index (χ1n) is 10.5. The van der Waals surface area contributed by atoms with Gasteiger partial charge in [-0.1, -0.05) is 18.2 Å². The number of hydrogen-bond donors (Lipinski definition) is 3. The summed E-state index contributed by atoms with van der Waals surface area (Å²) in [7, 11) is 0. The van der Waals surface area contributed by atoms with Crippen molar-refractivity contribution in [1.29, 1.82) is 0 Å². The van der Waals surface area contributed by atoms with Crippen molar-refractivity contribution < 1.29 is 14.3 Å². The van der Waals surface area contributed by atoms with E-state index in [1.165, 1.54) is 4.88 Å². The van der Waals surface area contributed by atoms with Crippen molar-refractivity contribution in [1.82, 2.24) is 15.5 Å². The van der Waals surface area contributed by atoms with Crippen LogP contribution in [-0.4, -0.2) is 49.7 Å². The van der Waals surface area contributed by atoms with E-state index < -0.39 is 0 Å². The molecule has 2 heterocycles. The standard InChI is InChI=1S/C22H28N4O3S/c27-21(17-6-7-17)25-18-4-1-3-16(13-18)14-23-22(28)24-15-19(20-5-2-12-30-20)26-8-10-29-11-9-26/h1-5,12-13,17,19H,6-11,14-15H2,(H,25,27)(H2,23,24,28)/t19-/m0/s1. The number of thiophene rings is 1. The first-order chi connectivity index (χ1) is 14.7. The minimum absolute atomic E-state index is 0.0839. The van der Waals surface area contributed by atoms with E-state index in [0.29, 0.717) is 13.1 Å². The van der Waals surface area contributed by atoms with Crippen LogP contribution in [0.5, 0.6) is 0 Å². The molecule has 0 spiro atoms. The molecule has 1 aliphatic carbocycles. The molecule has 3 amide bonds. The van der Waals surface area contributed by atoms with Gasteiger partial charge >= 0.3 is 6.03 Å². The summed E-state index contributed by atoms with van der Waals surface area (Å²) in [6.07, 6.45) is 1.95. The summed E-state index contributed by atoms with van der Waals surface area (Å²) in [4.78, 5) is 27.9. The maximum absolute atomic E-state index is 12.4. The molecular weight excluding hydrogens is 400 g/mol. The number of rotatable bonds is 8. The fourth-order valence-corrected chi connectivity index (χ4v) is 4.42. The molecule has 0 unspecified atom stereocenters. The Kier molecular flexibility index (Phi) is 6.99. The van der Waals surface area contributed by atoms with Gasteiger partial charge in [0.05, 0.1) is 19.3 Å². The average Bonchev–Trinajstić information content (AvgIpc) is 3.49. The highest BCUT2D eigenvalue weighted by molar-refractivity contribution is 7.10. The van der Waals surface area contributed by atoms with Gasteiger partial charge in [-0.05, 0) is 42.0 Å². The van der Waals surface area contributed by atoms with Crippen LogP contribution >= 0.6 is 11.3 Å². The molecule has 2 fully saturated rings. The lowest BCUT2D eigenvalue weighted by Crippen LogP contribution is -2.45. The molecule has 0 bridgehead atoms. The van der Waals surface area contributed by atoms with Crippen molar-refractivity contribution in [3.63, 3.8) is 0 Å². The zero-order valence-electron chi connectivity index (χ0n) is 16.9. The molecular formula is C22H28N4O3S. The Morgan fingerprint density at radius 1 is 1.13 bits per heavy atom. The van der Waals surface area contributed by atoms with Crippen LogP contribution in [0.15, 0.2) is 41.8 Å². The molecule has 0 radical (unpaired) electrons. The zero-order valence-corrected chi connectivity index (χ0v) is 17.7. The number of benzene rings is 1. The van der Waals surface area contributed by atoms with Gasteiger partial charge in [0, 0.05) is 42.7 Å². The summed E-state index contributed by atoms with van der Waals surface area (Å²) in [6, 6.07) is 11.7. The van der Waals surface area contributed by atoms with Gasteiger partial charge in [-0.2, -0.15) is 0 Å². The van der Waals surface area contributed by atoms with Crippen molar-refractivity contribution in [3.05, 3.63) is 52.2 Å². The lowest BCUT2D eigenvalue weighted by Gasteiger charge is -2.34. The van der Waals surface area contributed by atoms with E-state index in [0.717, 1.165) is 50.4 Å². The van der Waals surface area contributed by atoms with Gasteiger partial charge in [-0.25, -0.2) is 4.79 Å². The number of morpholine rings is 1. The second-order valence-electron chi connectivity index (χ2n) is 7.71. The summed E-state index contributed by atoms with van der Waals surface area (Å²) in [5.41, 5.74) is 1.72. The molecule has 3 N–H and O–H groups in total. The van der Waals surface area contributed by atoms with E-state index in [-0.39, 0.29) is 23.9 Å². The smallest absolute Gasteiger partial charge is 0.315 e. The van der Waals surface area contributed by atoms with Gasteiger partial charge in [-0.3, -0.25) is 9.69 Å². The van der Waals surface area contributed by atoms with Gasteiger partial charge in [0.1, 0.15) is 0 Å². The predicted molar refractivity (Wildman–Crippen MR) is 117 cm³/mol. The van der Waals surface area contributed by atoms with Crippen molar-refractivity contribution >= 4 is 29.0 Å². The van der Waals surface area contributed by atoms with Crippen LogP contribution in [0.2, 0.25) is 0 Å². The van der Waals surface area contributed by atoms with Crippen molar-refractivity contribution in [3.8, 4) is 0 Å².